The summed E-state index contributed by atoms with van der Waals surface area (Å²) in [4.78, 5) is 38.1. The fourth-order valence-electron chi connectivity index (χ4n) is 5.13. The molecule has 2 N–H and O–H groups in total. The maximum atomic E-state index is 12.8. The van der Waals surface area contributed by atoms with Gasteiger partial charge in [0.2, 0.25) is 0 Å². The number of likely N-dealkylation sites (tertiary alicyclic amines) is 1. The van der Waals surface area contributed by atoms with Crippen molar-refractivity contribution in [3.05, 3.63) is 89.5 Å². The van der Waals surface area contributed by atoms with Gasteiger partial charge in [-0.25, -0.2) is 4.79 Å². The number of carbonyl (C=O) groups excluding carboxylic acids is 2. The fourth-order valence-corrected chi connectivity index (χ4v) is 5.13. The largest absolute Gasteiger partial charge is 0.481 e. The SMILES string of the molecule is O=C(O)C[C@@H]1CCCN1C(=O)c1ccc(NC(=O)OCC2c3ccccc3-c3ccccc32)cc1. The van der Waals surface area contributed by atoms with Crippen LogP contribution in [0.1, 0.15) is 46.7 Å². The minimum absolute atomic E-state index is 0.0210. The lowest BCUT2D eigenvalue weighted by Gasteiger charge is -2.23. The van der Waals surface area contributed by atoms with Crippen molar-refractivity contribution in [3.8, 4) is 11.1 Å². The van der Waals surface area contributed by atoms with Crippen LogP contribution in [0, 0.1) is 0 Å². The van der Waals surface area contributed by atoms with Crippen molar-refractivity contribution >= 4 is 23.7 Å². The summed E-state index contributed by atoms with van der Waals surface area (Å²) in [7, 11) is 0. The molecule has 3 aromatic rings. The average molecular weight is 471 g/mol. The van der Waals surface area contributed by atoms with Crippen LogP contribution >= 0.6 is 0 Å². The van der Waals surface area contributed by atoms with E-state index in [0.717, 1.165) is 17.5 Å². The molecule has 2 amide bonds. The van der Waals surface area contributed by atoms with Gasteiger partial charge in [0.15, 0.2) is 0 Å². The van der Waals surface area contributed by atoms with Crippen LogP contribution in [0.3, 0.4) is 0 Å². The lowest BCUT2D eigenvalue weighted by molar-refractivity contribution is -0.137. The number of ether oxygens (including phenoxy) is 1. The number of carbonyl (C=O) groups is 3. The van der Waals surface area contributed by atoms with E-state index in [2.05, 4.69) is 29.6 Å². The minimum atomic E-state index is -0.905. The van der Waals surface area contributed by atoms with Gasteiger partial charge in [0.05, 0.1) is 6.42 Å². The van der Waals surface area contributed by atoms with Gasteiger partial charge in [-0.05, 0) is 59.4 Å². The number of fused-ring (bicyclic) bond motifs is 3. The van der Waals surface area contributed by atoms with E-state index in [9.17, 15) is 14.4 Å². The third-order valence-electron chi connectivity index (χ3n) is 6.77. The molecule has 0 radical (unpaired) electrons. The van der Waals surface area contributed by atoms with Gasteiger partial charge in [0, 0.05) is 29.8 Å². The van der Waals surface area contributed by atoms with Crippen molar-refractivity contribution in [1.29, 1.82) is 0 Å². The van der Waals surface area contributed by atoms with Crippen molar-refractivity contribution in [3.63, 3.8) is 0 Å². The van der Waals surface area contributed by atoms with E-state index in [1.165, 1.54) is 11.1 Å². The van der Waals surface area contributed by atoms with Gasteiger partial charge < -0.3 is 14.7 Å². The third-order valence-corrected chi connectivity index (χ3v) is 6.77. The molecular formula is C28H26N2O5. The quantitative estimate of drug-likeness (QED) is 0.521. The summed E-state index contributed by atoms with van der Waals surface area (Å²) in [6, 6.07) is 22.6. The molecule has 1 saturated heterocycles. The van der Waals surface area contributed by atoms with Crippen molar-refractivity contribution < 1.29 is 24.2 Å². The molecule has 0 unspecified atom stereocenters. The van der Waals surface area contributed by atoms with E-state index in [0.29, 0.717) is 24.2 Å². The number of carboxylic acid groups (broad SMARTS) is 1. The molecule has 1 atom stereocenters. The van der Waals surface area contributed by atoms with E-state index >= 15 is 0 Å². The normalized spacial score (nSPS) is 16.5. The van der Waals surface area contributed by atoms with Crippen LogP contribution in [-0.4, -0.2) is 47.2 Å². The van der Waals surface area contributed by atoms with Crippen molar-refractivity contribution in [2.45, 2.75) is 31.2 Å². The average Bonchev–Trinajstić information content (AvgIpc) is 3.45. The number of nitrogens with one attached hydrogen (secondary N) is 1. The van der Waals surface area contributed by atoms with Gasteiger partial charge in [-0.15, -0.1) is 0 Å². The van der Waals surface area contributed by atoms with Crippen LogP contribution < -0.4 is 5.32 Å². The number of hydrogen-bond donors (Lipinski definition) is 2. The van der Waals surface area contributed by atoms with Crippen LogP contribution in [0.25, 0.3) is 11.1 Å². The Morgan fingerprint density at radius 1 is 0.914 bits per heavy atom. The molecule has 3 aromatic carbocycles. The lowest BCUT2D eigenvalue weighted by atomic mass is 9.98. The number of hydrogen-bond acceptors (Lipinski definition) is 4. The summed E-state index contributed by atoms with van der Waals surface area (Å²) >= 11 is 0. The maximum absolute atomic E-state index is 12.8. The smallest absolute Gasteiger partial charge is 0.411 e. The van der Waals surface area contributed by atoms with Crippen LogP contribution in [0.2, 0.25) is 0 Å². The molecule has 1 aliphatic heterocycles. The van der Waals surface area contributed by atoms with Crippen molar-refractivity contribution in [1.82, 2.24) is 4.90 Å². The molecule has 7 heteroatoms. The fraction of sp³-hybridized carbons (Fsp3) is 0.250. The molecule has 35 heavy (non-hydrogen) atoms. The van der Waals surface area contributed by atoms with E-state index in [1.54, 1.807) is 29.2 Å². The highest BCUT2D eigenvalue weighted by Crippen LogP contribution is 2.44. The second kappa shape index (κ2) is 9.62. The standard InChI is InChI=1S/C28H26N2O5/c31-26(32)16-20-6-5-15-30(20)27(33)18-11-13-19(14-12-18)29-28(34)35-17-25-23-9-3-1-7-21(23)22-8-2-4-10-24(22)25/h1-4,7-14,20,25H,5-6,15-17H2,(H,29,34)(H,31,32)/t20-/m0/s1. The number of aliphatic carboxylic acids is 1. The highest BCUT2D eigenvalue weighted by atomic mass is 16.5. The Labute approximate surface area is 203 Å². The van der Waals surface area contributed by atoms with E-state index < -0.39 is 12.1 Å². The number of amides is 2. The zero-order chi connectivity index (χ0) is 24.4. The molecule has 0 saturated carbocycles. The highest BCUT2D eigenvalue weighted by Gasteiger charge is 2.31. The van der Waals surface area contributed by atoms with Crippen molar-refractivity contribution in [2.75, 3.05) is 18.5 Å². The summed E-state index contributed by atoms with van der Waals surface area (Å²) in [6.07, 6.45) is 0.879. The number of carboxylic acids is 1. The second-order valence-corrected chi connectivity index (χ2v) is 8.92. The predicted molar refractivity (Wildman–Crippen MR) is 131 cm³/mol. The summed E-state index contributed by atoms with van der Waals surface area (Å²) in [5.41, 5.74) is 5.60. The first-order chi connectivity index (χ1) is 17.0. The summed E-state index contributed by atoms with van der Waals surface area (Å²) in [5.74, 6) is -1.12. The van der Waals surface area contributed by atoms with Crippen LogP contribution in [0.4, 0.5) is 10.5 Å². The van der Waals surface area contributed by atoms with E-state index in [4.69, 9.17) is 9.84 Å². The van der Waals surface area contributed by atoms with Gasteiger partial charge in [-0.3, -0.25) is 14.9 Å². The molecule has 0 aromatic heterocycles. The molecule has 2 aliphatic rings. The van der Waals surface area contributed by atoms with Crippen LogP contribution in [-0.2, 0) is 9.53 Å². The Hall–Kier alpha value is -4.13. The number of benzene rings is 3. The molecular weight excluding hydrogens is 444 g/mol. The monoisotopic (exact) mass is 470 g/mol. The zero-order valence-corrected chi connectivity index (χ0v) is 19.1. The Balaban J connectivity index is 1.20. The Morgan fingerprint density at radius 2 is 1.54 bits per heavy atom. The van der Waals surface area contributed by atoms with Gasteiger partial charge in [-0.2, -0.15) is 0 Å². The molecule has 1 aliphatic carbocycles. The summed E-state index contributed by atoms with van der Waals surface area (Å²) in [6.45, 7) is 0.771. The Morgan fingerprint density at radius 3 is 2.17 bits per heavy atom. The summed E-state index contributed by atoms with van der Waals surface area (Å²) < 4.78 is 5.57. The molecule has 178 valence electrons. The highest BCUT2D eigenvalue weighted by molar-refractivity contribution is 5.95. The number of anilines is 1. The Kier molecular flexibility index (Phi) is 6.23. The third kappa shape index (κ3) is 4.62. The molecule has 0 bridgehead atoms. The molecule has 0 spiro atoms. The predicted octanol–water partition coefficient (Wildman–Crippen LogP) is 5.13. The minimum Gasteiger partial charge on any atom is -0.481 e. The first-order valence-corrected chi connectivity index (χ1v) is 11.8. The van der Waals surface area contributed by atoms with Gasteiger partial charge in [0.25, 0.3) is 5.91 Å². The topological polar surface area (TPSA) is 95.9 Å². The number of rotatable bonds is 6. The second-order valence-electron chi connectivity index (χ2n) is 8.92. The first kappa shape index (κ1) is 22.7. The lowest BCUT2D eigenvalue weighted by Crippen LogP contribution is -2.36. The van der Waals surface area contributed by atoms with Gasteiger partial charge in [-0.1, -0.05) is 48.5 Å². The van der Waals surface area contributed by atoms with E-state index in [-0.39, 0.29) is 30.9 Å². The molecule has 5 rings (SSSR count). The molecule has 1 heterocycles. The maximum Gasteiger partial charge on any atom is 0.411 e. The van der Waals surface area contributed by atoms with Crippen molar-refractivity contribution in [2.24, 2.45) is 0 Å². The van der Waals surface area contributed by atoms with Crippen LogP contribution in [0.5, 0.6) is 0 Å². The first-order valence-electron chi connectivity index (χ1n) is 11.8. The Bertz CT molecular complexity index is 1220. The van der Waals surface area contributed by atoms with Gasteiger partial charge >= 0.3 is 12.1 Å². The molecule has 7 nitrogen and oxygen atoms in total. The van der Waals surface area contributed by atoms with Gasteiger partial charge in [0.1, 0.15) is 6.61 Å². The number of nitrogens with zero attached hydrogens (tertiary/aromatic N) is 1. The molecule has 1 fully saturated rings. The van der Waals surface area contributed by atoms with E-state index in [1.807, 2.05) is 24.3 Å². The summed E-state index contributed by atoms with van der Waals surface area (Å²) in [5, 5.41) is 11.8. The van der Waals surface area contributed by atoms with Crippen LogP contribution in [0.15, 0.2) is 72.8 Å². The zero-order valence-electron chi connectivity index (χ0n) is 19.1.